The van der Waals surface area contributed by atoms with Crippen LogP contribution in [0.2, 0.25) is 0 Å². The monoisotopic (exact) mass is 1320 g/mol. The normalized spacial score (nSPS) is 31.6. The Kier molecular flexibility index (Phi) is 21.9. The molecule has 7 aliphatic carbocycles. The van der Waals surface area contributed by atoms with E-state index < -0.39 is 11.7 Å². The summed E-state index contributed by atoms with van der Waals surface area (Å²) in [6, 6.07) is 30.2. The molecular weight excluding hydrogens is 1200 g/mol. The summed E-state index contributed by atoms with van der Waals surface area (Å²) in [5, 5.41) is 5.26. The molecule has 2 bridgehead atoms. The van der Waals surface area contributed by atoms with Crippen molar-refractivity contribution in [2.24, 2.45) is 93.2 Å². The number of nitrogens with one attached hydrogen (secondary N) is 1. The minimum absolute atomic E-state index is 0.0693. The van der Waals surface area contributed by atoms with Crippen LogP contribution in [0.15, 0.2) is 84.9 Å². The summed E-state index contributed by atoms with van der Waals surface area (Å²) in [6.07, 6.45) is 24.9. The molecule has 9 unspecified atom stereocenters. The van der Waals surface area contributed by atoms with Gasteiger partial charge in [-0.1, -0.05) is 115 Å². The largest absolute Gasteiger partial charge is 0.469 e. The van der Waals surface area contributed by atoms with Crippen LogP contribution in [-0.4, -0.2) is 61.2 Å². The van der Waals surface area contributed by atoms with Gasteiger partial charge < -0.3 is 33.6 Å². The maximum Gasteiger partial charge on any atom is 0.407 e. The molecule has 7 aliphatic rings. The maximum absolute atomic E-state index is 12.9. The standard InChI is InChI=1S/C87H116N2O8/c1-56(19-35-81(90)93-11)59(4)85(8)40-38-72-58(3)68-47-64(25-28-67(72)53-85)48-71(51-68)96-55-66-18-14-16-61(46-66)22-24-63-27-31-74-73-30-26-62(49-79(73)89(80(74)50-63)44-43-88-83(92)97-84(5,6)7)23-21-60-15-13-17-65(45-60)54-95-70-37-41-86(9)69(52-70)29-32-75-77-34-33-76(57(2)20-36-82(91)94-12)87(77,10)42-39-78(75)86/h13-18,26-27,30-31,45-46,49-50,56-59,64,67-72,75-78H,19-20,25,28-29,32-44,47-48,51-55H2,1-12H3,(H,88,92)/t56-,57-,58?,59?,64-,67+,68?,69-,70-,71+,72?,75+,76?,77+,78?,85?,86?,87?/m1/s1. The van der Waals surface area contributed by atoms with Crippen LogP contribution in [0.5, 0.6) is 0 Å². The number of alkyl carbamates (subject to hydrolysis) is 1. The zero-order valence-electron chi connectivity index (χ0n) is 61.1. The van der Waals surface area contributed by atoms with Crippen molar-refractivity contribution in [3.63, 3.8) is 0 Å². The Labute approximate surface area is 582 Å². The third kappa shape index (κ3) is 15.9. The van der Waals surface area contributed by atoms with E-state index in [0.717, 1.165) is 129 Å². The van der Waals surface area contributed by atoms with Crippen LogP contribution in [0, 0.1) is 117 Å². The molecule has 0 radical (unpaired) electrons. The molecular formula is C87H116N2O8. The maximum atomic E-state index is 12.9. The fourth-order valence-corrected chi connectivity index (χ4v) is 21.7. The van der Waals surface area contributed by atoms with Crippen molar-refractivity contribution in [3.8, 4) is 23.7 Å². The number of carbonyl (C=O) groups excluding carboxylic acids is 3. The van der Waals surface area contributed by atoms with E-state index in [1.54, 1.807) is 0 Å². The first-order valence-corrected chi connectivity index (χ1v) is 38.1. The van der Waals surface area contributed by atoms with Gasteiger partial charge in [0.2, 0.25) is 0 Å². The zero-order valence-corrected chi connectivity index (χ0v) is 61.1. The van der Waals surface area contributed by atoms with E-state index in [1.165, 1.54) is 97.7 Å². The molecule has 5 aromatic rings. The van der Waals surface area contributed by atoms with E-state index in [4.69, 9.17) is 23.7 Å². The summed E-state index contributed by atoms with van der Waals surface area (Å²) >= 11 is 0. The minimum Gasteiger partial charge on any atom is -0.469 e. The predicted octanol–water partition coefficient (Wildman–Crippen LogP) is 19.6. The van der Waals surface area contributed by atoms with E-state index in [1.807, 2.05) is 20.8 Å². The van der Waals surface area contributed by atoms with Crippen molar-refractivity contribution in [2.45, 2.75) is 242 Å². The SMILES string of the molecule is COC(=O)CC[C@@H](C)C(C)C1(C)CCC2C(C)C3C[C@@H](CC[C@H]2C1)C[C@H](OCc1cccc(C#Cc2ccc4c5ccc(C#Cc6cccc(CO[C@@H]7CCC8(C)C9CCC%10(C)C([C@H](C)CCC(=O)OC)CC[C@H]%10[C@@H]9CC[C@@H]8C7)c6)cc5n(CCNC(=O)OC(C)(C)C)c4c2)c1)C3. The van der Waals surface area contributed by atoms with Crippen molar-refractivity contribution in [3.05, 3.63) is 118 Å². The van der Waals surface area contributed by atoms with Crippen molar-refractivity contribution < 1.29 is 38.1 Å². The summed E-state index contributed by atoms with van der Waals surface area (Å²) in [7, 11) is 3.02. The second kappa shape index (κ2) is 30.0. The number of hydrogen-bond donors (Lipinski definition) is 1. The second-order valence-corrected chi connectivity index (χ2v) is 34.0. The van der Waals surface area contributed by atoms with Gasteiger partial charge in [0, 0.05) is 59.0 Å². The molecule has 10 heteroatoms. The number of benzene rings is 4. The first-order valence-electron chi connectivity index (χ1n) is 38.1. The fourth-order valence-electron chi connectivity index (χ4n) is 21.7. The first-order chi connectivity index (χ1) is 46.5. The number of fused-ring (bicyclic) bond motifs is 11. The predicted molar refractivity (Wildman–Crippen MR) is 389 cm³/mol. The number of amides is 1. The van der Waals surface area contributed by atoms with E-state index >= 15 is 0 Å². The smallest absolute Gasteiger partial charge is 0.407 e. The summed E-state index contributed by atoms with van der Waals surface area (Å²) in [5.41, 5.74) is 8.69. The molecule has 18 atom stereocenters. The highest BCUT2D eigenvalue weighted by atomic mass is 16.6. The molecule has 1 amide bonds. The van der Waals surface area contributed by atoms with Gasteiger partial charge in [-0.05, 0) is 289 Å². The highest BCUT2D eigenvalue weighted by Crippen LogP contribution is 2.69. The van der Waals surface area contributed by atoms with Gasteiger partial charge in [0.25, 0.3) is 0 Å². The summed E-state index contributed by atoms with van der Waals surface area (Å²) in [5.74, 6) is 23.1. The lowest BCUT2D eigenvalue weighted by Gasteiger charge is -2.61. The average Bonchev–Trinajstić information content (AvgIpc) is 1.69. The molecule has 1 N–H and O–H groups in total. The third-order valence-corrected chi connectivity index (χ3v) is 27.3. The first kappa shape index (κ1) is 70.8. The van der Waals surface area contributed by atoms with Crippen LogP contribution in [0.4, 0.5) is 4.79 Å². The van der Waals surface area contributed by atoms with Crippen LogP contribution in [0.3, 0.4) is 0 Å². The molecule has 7 saturated carbocycles. The summed E-state index contributed by atoms with van der Waals surface area (Å²) in [4.78, 5) is 37.0. The highest BCUT2D eigenvalue weighted by Gasteiger charge is 2.61. The van der Waals surface area contributed by atoms with Crippen LogP contribution >= 0.6 is 0 Å². The molecule has 0 spiro atoms. The van der Waals surface area contributed by atoms with Gasteiger partial charge in [0.15, 0.2) is 0 Å². The number of hydrogen-bond acceptors (Lipinski definition) is 8. The Balaban J connectivity index is 0.675. The Morgan fingerprint density at radius 1 is 0.608 bits per heavy atom. The average molecular weight is 1320 g/mol. The molecule has 0 saturated heterocycles. The van der Waals surface area contributed by atoms with E-state index in [2.05, 4.69) is 167 Å². The van der Waals surface area contributed by atoms with Gasteiger partial charge in [0.05, 0.1) is 50.7 Å². The molecule has 1 aromatic heterocycles. The number of ether oxygens (including phenoxy) is 5. The Hall–Kier alpha value is -6.07. The van der Waals surface area contributed by atoms with Gasteiger partial charge in [0.1, 0.15) is 5.60 Å². The van der Waals surface area contributed by atoms with Gasteiger partial charge in [-0.15, -0.1) is 0 Å². The third-order valence-electron chi connectivity index (χ3n) is 27.3. The minimum atomic E-state index is -0.601. The van der Waals surface area contributed by atoms with Crippen molar-refractivity contribution in [1.82, 2.24) is 9.88 Å². The number of rotatable bonds is 18. The zero-order chi connectivity index (χ0) is 68.4. The molecule has 10 nitrogen and oxygen atoms in total. The lowest BCUT2D eigenvalue weighted by Crippen LogP contribution is -2.54. The number of aromatic nitrogens is 1. The Bertz CT molecular complexity index is 3740. The number of nitrogens with zero attached hydrogens (tertiary/aromatic N) is 1. The number of methoxy groups -OCH3 is 2. The Morgan fingerprint density at radius 2 is 1.22 bits per heavy atom. The fraction of sp³-hybridized carbons (Fsp3) is 0.644. The van der Waals surface area contributed by atoms with Crippen LogP contribution in [0.1, 0.15) is 237 Å². The number of carbonyl (C=O) groups is 3. The van der Waals surface area contributed by atoms with Gasteiger partial charge >= 0.3 is 18.0 Å². The van der Waals surface area contributed by atoms with Crippen molar-refractivity contribution in [1.29, 1.82) is 0 Å². The van der Waals surface area contributed by atoms with E-state index in [9.17, 15) is 14.4 Å². The molecule has 4 aromatic carbocycles. The molecule has 522 valence electrons. The topological polar surface area (TPSA) is 114 Å². The van der Waals surface area contributed by atoms with Gasteiger partial charge in [-0.25, -0.2) is 4.79 Å². The number of esters is 2. The quantitative estimate of drug-likeness (QED) is 0.0524. The summed E-state index contributed by atoms with van der Waals surface area (Å²) in [6.45, 7) is 25.4. The van der Waals surface area contributed by atoms with Crippen LogP contribution in [-0.2, 0) is 53.0 Å². The molecule has 1 heterocycles. The van der Waals surface area contributed by atoms with Crippen molar-refractivity contribution in [2.75, 3.05) is 20.8 Å². The summed E-state index contributed by atoms with van der Waals surface area (Å²) < 4.78 is 31.7. The van der Waals surface area contributed by atoms with Gasteiger partial charge in [-0.3, -0.25) is 9.59 Å². The lowest BCUT2D eigenvalue weighted by molar-refractivity contribution is -0.142. The molecule has 12 rings (SSSR count). The second-order valence-electron chi connectivity index (χ2n) is 34.0. The van der Waals surface area contributed by atoms with Crippen molar-refractivity contribution >= 4 is 39.8 Å². The van der Waals surface area contributed by atoms with E-state index in [0.29, 0.717) is 96.8 Å². The lowest BCUT2D eigenvalue weighted by atomic mass is 9.44. The van der Waals surface area contributed by atoms with Gasteiger partial charge in [-0.2, -0.15) is 0 Å². The molecule has 97 heavy (non-hydrogen) atoms. The highest BCUT2D eigenvalue weighted by molar-refractivity contribution is 6.08. The molecule has 7 fully saturated rings. The van der Waals surface area contributed by atoms with Crippen LogP contribution in [0.25, 0.3) is 21.8 Å². The molecule has 0 aliphatic heterocycles. The van der Waals surface area contributed by atoms with Crippen LogP contribution < -0.4 is 5.32 Å². The van der Waals surface area contributed by atoms with E-state index in [-0.39, 0.29) is 24.1 Å². The Morgan fingerprint density at radius 3 is 1.86 bits per heavy atom.